The first-order valence-electron chi connectivity index (χ1n) is 8.07. The third-order valence-corrected chi connectivity index (χ3v) is 3.73. The Bertz CT molecular complexity index is 812. The lowest BCUT2D eigenvalue weighted by Gasteiger charge is -2.37. The number of hydrogen-bond acceptors (Lipinski definition) is 6. The maximum Gasteiger partial charge on any atom is 0.267 e. The first-order valence-corrected chi connectivity index (χ1v) is 8.07. The first kappa shape index (κ1) is 17.1. The van der Waals surface area contributed by atoms with E-state index in [0.29, 0.717) is 31.3 Å². The third kappa shape index (κ3) is 4.03. The lowest BCUT2D eigenvalue weighted by Crippen LogP contribution is -2.51. The van der Waals surface area contributed by atoms with E-state index in [2.05, 4.69) is 15.4 Å². The summed E-state index contributed by atoms with van der Waals surface area (Å²) in [5, 5.41) is 6.88. The largest absolute Gasteiger partial charge is 0.466 e. The van der Waals surface area contributed by atoms with Gasteiger partial charge in [0.15, 0.2) is 5.60 Å². The standard InChI is InChI=1S/C17H20N4O4/c1-3-18-14(22)9-21-16(23)7-5-13(20-21)12-4-6-15(19-8-12)25-17(2)10-24-11-17/h4-8H,3,9-11H2,1-2H3,(H,18,22). The molecule has 0 unspecified atom stereocenters. The van der Waals surface area contributed by atoms with E-state index in [9.17, 15) is 9.59 Å². The van der Waals surface area contributed by atoms with Gasteiger partial charge in [0, 0.05) is 30.4 Å². The molecule has 0 spiro atoms. The van der Waals surface area contributed by atoms with Crippen molar-refractivity contribution < 1.29 is 14.3 Å². The topological polar surface area (TPSA) is 95.3 Å². The number of amides is 1. The number of likely N-dealkylation sites (N-methyl/N-ethyl adjacent to an activating group) is 1. The Labute approximate surface area is 144 Å². The molecule has 3 rings (SSSR count). The number of nitrogens with one attached hydrogen (secondary N) is 1. The Morgan fingerprint density at radius 1 is 1.36 bits per heavy atom. The van der Waals surface area contributed by atoms with Crippen LogP contribution in [0.4, 0.5) is 0 Å². The van der Waals surface area contributed by atoms with Gasteiger partial charge in [0.2, 0.25) is 11.8 Å². The van der Waals surface area contributed by atoms with Crippen molar-refractivity contribution in [2.75, 3.05) is 19.8 Å². The molecule has 0 atom stereocenters. The lowest BCUT2D eigenvalue weighted by molar-refractivity contribution is -0.151. The van der Waals surface area contributed by atoms with Crippen LogP contribution in [0.2, 0.25) is 0 Å². The monoisotopic (exact) mass is 344 g/mol. The highest BCUT2D eigenvalue weighted by Gasteiger charge is 2.36. The molecular weight excluding hydrogens is 324 g/mol. The van der Waals surface area contributed by atoms with E-state index in [1.54, 1.807) is 18.3 Å². The van der Waals surface area contributed by atoms with Crippen LogP contribution >= 0.6 is 0 Å². The number of nitrogens with zero attached hydrogens (tertiary/aromatic N) is 3. The van der Waals surface area contributed by atoms with Crippen molar-refractivity contribution in [3.8, 4) is 17.1 Å². The van der Waals surface area contributed by atoms with Crippen LogP contribution in [0.25, 0.3) is 11.3 Å². The van der Waals surface area contributed by atoms with Crippen molar-refractivity contribution in [3.05, 3.63) is 40.8 Å². The molecule has 3 heterocycles. The highest BCUT2D eigenvalue weighted by molar-refractivity contribution is 5.75. The molecule has 25 heavy (non-hydrogen) atoms. The van der Waals surface area contributed by atoms with E-state index in [1.807, 2.05) is 19.9 Å². The Balaban J connectivity index is 1.77. The summed E-state index contributed by atoms with van der Waals surface area (Å²) in [6.45, 7) is 5.25. The van der Waals surface area contributed by atoms with Crippen molar-refractivity contribution in [1.82, 2.24) is 20.1 Å². The van der Waals surface area contributed by atoms with Gasteiger partial charge in [-0.25, -0.2) is 9.67 Å². The van der Waals surface area contributed by atoms with Crippen LogP contribution in [-0.4, -0.2) is 46.0 Å². The number of carbonyl (C=O) groups excluding carboxylic acids is 1. The molecule has 1 saturated heterocycles. The number of ether oxygens (including phenoxy) is 2. The van der Waals surface area contributed by atoms with Gasteiger partial charge in [-0.05, 0) is 26.0 Å². The maximum absolute atomic E-state index is 11.9. The first-order chi connectivity index (χ1) is 12.0. The average molecular weight is 344 g/mol. The molecule has 2 aromatic heterocycles. The fraction of sp³-hybridized carbons (Fsp3) is 0.412. The quantitative estimate of drug-likeness (QED) is 0.825. The van der Waals surface area contributed by atoms with Gasteiger partial charge in [-0.3, -0.25) is 9.59 Å². The van der Waals surface area contributed by atoms with Gasteiger partial charge in [0.1, 0.15) is 6.54 Å². The molecule has 2 aromatic rings. The van der Waals surface area contributed by atoms with Gasteiger partial charge < -0.3 is 14.8 Å². The van der Waals surface area contributed by atoms with Crippen molar-refractivity contribution in [1.29, 1.82) is 0 Å². The van der Waals surface area contributed by atoms with Crippen molar-refractivity contribution >= 4 is 5.91 Å². The van der Waals surface area contributed by atoms with Gasteiger partial charge in [-0.15, -0.1) is 0 Å². The number of carbonyl (C=O) groups is 1. The van der Waals surface area contributed by atoms with Gasteiger partial charge >= 0.3 is 0 Å². The van der Waals surface area contributed by atoms with E-state index >= 15 is 0 Å². The summed E-state index contributed by atoms with van der Waals surface area (Å²) in [7, 11) is 0. The molecule has 0 bridgehead atoms. The van der Waals surface area contributed by atoms with Crippen LogP contribution in [0.3, 0.4) is 0 Å². The van der Waals surface area contributed by atoms with Crippen molar-refractivity contribution in [3.63, 3.8) is 0 Å². The minimum Gasteiger partial charge on any atom is -0.466 e. The fourth-order valence-corrected chi connectivity index (χ4v) is 2.40. The maximum atomic E-state index is 11.9. The van der Waals surface area contributed by atoms with E-state index < -0.39 is 0 Å². The molecule has 132 valence electrons. The third-order valence-electron chi connectivity index (χ3n) is 3.73. The van der Waals surface area contributed by atoms with E-state index in [4.69, 9.17) is 9.47 Å². The van der Waals surface area contributed by atoms with E-state index in [-0.39, 0.29) is 23.6 Å². The second kappa shape index (κ2) is 7.02. The molecule has 0 aromatic carbocycles. The zero-order chi connectivity index (χ0) is 17.9. The van der Waals surface area contributed by atoms with Crippen LogP contribution in [0.15, 0.2) is 35.3 Å². The molecule has 1 amide bonds. The lowest BCUT2D eigenvalue weighted by atomic mass is 10.1. The summed E-state index contributed by atoms with van der Waals surface area (Å²) in [6, 6.07) is 6.56. The summed E-state index contributed by atoms with van der Waals surface area (Å²) >= 11 is 0. The van der Waals surface area contributed by atoms with Crippen molar-refractivity contribution in [2.24, 2.45) is 0 Å². The van der Waals surface area contributed by atoms with Gasteiger partial charge in [-0.2, -0.15) is 5.10 Å². The Kier molecular flexibility index (Phi) is 4.80. The number of hydrogen-bond donors (Lipinski definition) is 1. The highest BCUT2D eigenvalue weighted by atomic mass is 16.6. The molecule has 0 radical (unpaired) electrons. The molecule has 1 fully saturated rings. The summed E-state index contributed by atoms with van der Waals surface area (Å²) in [4.78, 5) is 27.8. The summed E-state index contributed by atoms with van der Waals surface area (Å²) < 4.78 is 12.1. The second-order valence-corrected chi connectivity index (χ2v) is 6.10. The van der Waals surface area contributed by atoms with Gasteiger partial charge in [0.25, 0.3) is 5.56 Å². The average Bonchev–Trinajstić information content (AvgIpc) is 2.56. The van der Waals surface area contributed by atoms with Gasteiger partial charge in [0.05, 0.1) is 18.9 Å². The summed E-state index contributed by atoms with van der Waals surface area (Å²) in [5.74, 6) is 0.247. The minimum absolute atomic E-state index is 0.118. The summed E-state index contributed by atoms with van der Waals surface area (Å²) in [5.41, 5.74) is 0.626. The molecule has 0 aliphatic carbocycles. The van der Waals surface area contributed by atoms with E-state index in [1.165, 1.54) is 6.07 Å². The molecule has 1 aliphatic heterocycles. The minimum atomic E-state index is -0.333. The molecule has 1 aliphatic rings. The smallest absolute Gasteiger partial charge is 0.267 e. The highest BCUT2D eigenvalue weighted by Crippen LogP contribution is 2.24. The van der Waals surface area contributed by atoms with Crippen LogP contribution in [0.1, 0.15) is 13.8 Å². The van der Waals surface area contributed by atoms with Crippen LogP contribution in [0.5, 0.6) is 5.88 Å². The second-order valence-electron chi connectivity index (χ2n) is 6.10. The molecule has 0 saturated carbocycles. The van der Waals surface area contributed by atoms with Crippen LogP contribution < -0.4 is 15.6 Å². The van der Waals surface area contributed by atoms with Crippen LogP contribution in [0, 0.1) is 0 Å². The summed E-state index contributed by atoms with van der Waals surface area (Å²) in [6.07, 6.45) is 1.63. The molecule has 1 N–H and O–H groups in total. The SMILES string of the molecule is CCNC(=O)Cn1nc(-c2ccc(OC3(C)COC3)nc2)ccc1=O. The predicted octanol–water partition coefficient (Wildman–Crippen LogP) is 0.609. The Morgan fingerprint density at radius 3 is 2.76 bits per heavy atom. The van der Waals surface area contributed by atoms with Crippen molar-refractivity contribution in [2.45, 2.75) is 26.0 Å². The molecular formula is C17H20N4O4. The predicted molar refractivity (Wildman–Crippen MR) is 90.3 cm³/mol. The number of rotatable bonds is 6. The molecule has 8 heteroatoms. The number of pyridine rings is 1. The van der Waals surface area contributed by atoms with Crippen LogP contribution in [-0.2, 0) is 16.1 Å². The Hall–Kier alpha value is -2.74. The molecule has 8 nitrogen and oxygen atoms in total. The van der Waals surface area contributed by atoms with Gasteiger partial charge in [-0.1, -0.05) is 0 Å². The Morgan fingerprint density at radius 2 is 2.16 bits per heavy atom. The number of aromatic nitrogens is 3. The van der Waals surface area contributed by atoms with E-state index in [0.717, 1.165) is 10.2 Å². The normalized spacial score (nSPS) is 15.3. The zero-order valence-corrected chi connectivity index (χ0v) is 14.2. The fourth-order valence-electron chi connectivity index (χ4n) is 2.40. The zero-order valence-electron chi connectivity index (χ0n) is 14.2.